The van der Waals surface area contributed by atoms with E-state index in [1.54, 1.807) is 16.7 Å². The lowest BCUT2D eigenvalue weighted by molar-refractivity contribution is 0.0940. The fourth-order valence-corrected chi connectivity index (χ4v) is 5.26. The van der Waals surface area contributed by atoms with Crippen LogP contribution in [0.3, 0.4) is 0 Å². The van der Waals surface area contributed by atoms with Gasteiger partial charge in [0.1, 0.15) is 5.69 Å². The van der Waals surface area contributed by atoms with E-state index < -0.39 is 0 Å². The number of nitrogens with zero attached hydrogens (tertiary/aromatic N) is 3. The summed E-state index contributed by atoms with van der Waals surface area (Å²) in [5.41, 5.74) is 0.346. The molecule has 0 aromatic carbocycles. The van der Waals surface area contributed by atoms with Gasteiger partial charge in [0.25, 0.3) is 5.91 Å². The Labute approximate surface area is 172 Å². The van der Waals surface area contributed by atoms with Gasteiger partial charge in [-0.15, -0.1) is 11.3 Å². The summed E-state index contributed by atoms with van der Waals surface area (Å²) < 4.78 is 3.69. The average Bonchev–Trinajstić information content (AvgIpc) is 3.34. The van der Waals surface area contributed by atoms with Crippen molar-refractivity contribution in [1.82, 2.24) is 19.4 Å². The van der Waals surface area contributed by atoms with Crippen molar-refractivity contribution in [3.8, 4) is 5.88 Å². The summed E-state index contributed by atoms with van der Waals surface area (Å²) in [5, 5.41) is 13.8. The molecule has 0 saturated carbocycles. The van der Waals surface area contributed by atoms with E-state index in [1.165, 1.54) is 15.9 Å². The number of hydrogen-bond acceptors (Lipinski definition) is 5. The summed E-state index contributed by atoms with van der Waals surface area (Å²) in [6, 6.07) is 3.46. The normalized spacial score (nSPS) is 20.6. The molecule has 0 spiro atoms. The lowest BCUT2D eigenvalue weighted by atomic mass is 10.0. The fourth-order valence-electron chi connectivity index (χ4n) is 4.32. The lowest BCUT2D eigenvalue weighted by Crippen LogP contribution is -2.40. The predicted molar refractivity (Wildman–Crippen MR) is 109 cm³/mol. The largest absolute Gasteiger partial charge is 0.493 e. The van der Waals surface area contributed by atoms with Crippen LogP contribution in [0.25, 0.3) is 0 Å². The highest BCUT2D eigenvalue weighted by atomic mass is 35.5. The first-order valence-corrected chi connectivity index (χ1v) is 10.9. The number of hydrogen-bond donors (Lipinski definition) is 2. The van der Waals surface area contributed by atoms with E-state index in [2.05, 4.69) is 24.1 Å². The molecule has 2 aromatic rings. The second-order valence-electron chi connectivity index (χ2n) is 7.79. The highest BCUT2D eigenvalue weighted by molar-refractivity contribution is 7.18. The van der Waals surface area contributed by atoms with E-state index >= 15 is 0 Å². The Bertz CT molecular complexity index is 940. The topological polar surface area (TPSA) is 79.5 Å². The second kappa shape index (κ2) is 7.57. The standard InChI is InChI=1S/C19H25ClN4O3S/c1-11(2)22-8-5-12(6-9-22)24-18(26)16-13(7-10-23(16)19(24)27)21-17(25)14-3-4-15(20)28-14/h3-4,11-13,26H,5-10H2,1-2H3,(H,21,25)/t13-/m1/s1. The summed E-state index contributed by atoms with van der Waals surface area (Å²) in [6.07, 6.45) is 2.26. The molecule has 2 aromatic heterocycles. The molecule has 0 unspecified atom stereocenters. The van der Waals surface area contributed by atoms with Crippen LogP contribution >= 0.6 is 22.9 Å². The molecule has 4 heterocycles. The van der Waals surface area contributed by atoms with Gasteiger partial charge < -0.3 is 15.3 Å². The highest BCUT2D eigenvalue weighted by Gasteiger charge is 2.35. The maximum absolute atomic E-state index is 12.9. The predicted octanol–water partition coefficient (Wildman–Crippen LogP) is 2.99. The summed E-state index contributed by atoms with van der Waals surface area (Å²) >= 11 is 7.12. The van der Waals surface area contributed by atoms with Crippen molar-refractivity contribution in [2.75, 3.05) is 13.1 Å². The molecule has 28 heavy (non-hydrogen) atoms. The van der Waals surface area contributed by atoms with Gasteiger partial charge in [0.05, 0.1) is 15.3 Å². The Morgan fingerprint density at radius 1 is 1.25 bits per heavy atom. The molecule has 2 N–H and O–H groups in total. The molecule has 2 aliphatic heterocycles. The number of rotatable bonds is 4. The molecule has 0 aliphatic carbocycles. The van der Waals surface area contributed by atoms with Gasteiger partial charge in [-0.2, -0.15) is 0 Å². The van der Waals surface area contributed by atoms with E-state index in [0.717, 1.165) is 25.9 Å². The number of amides is 1. The SMILES string of the molecule is CC(C)N1CCC(n2c(O)c3n(c2=O)CC[C@H]3NC(=O)c2ccc(Cl)s2)CC1. The monoisotopic (exact) mass is 424 g/mol. The lowest BCUT2D eigenvalue weighted by Gasteiger charge is -2.34. The van der Waals surface area contributed by atoms with Crippen LogP contribution in [0.4, 0.5) is 0 Å². The average molecular weight is 425 g/mol. The van der Waals surface area contributed by atoms with Crippen molar-refractivity contribution in [1.29, 1.82) is 0 Å². The smallest absolute Gasteiger partial charge is 0.331 e. The number of halogens is 1. The Balaban J connectivity index is 1.55. The minimum Gasteiger partial charge on any atom is -0.493 e. The maximum atomic E-state index is 12.9. The van der Waals surface area contributed by atoms with Gasteiger partial charge in [-0.3, -0.25) is 13.9 Å². The van der Waals surface area contributed by atoms with Gasteiger partial charge in [-0.1, -0.05) is 11.6 Å². The minimum absolute atomic E-state index is 0.00000828. The molecule has 152 valence electrons. The van der Waals surface area contributed by atoms with Crippen LogP contribution in [-0.2, 0) is 6.54 Å². The highest BCUT2D eigenvalue weighted by Crippen LogP contribution is 2.36. The van der Waals surface area contributed by atoms with Gasteiger partial charge >= 0.3 is 5.69 Å². The summed E-state index contributed by atoms with van der Waals surface area (Å²) in [5.74, 6) is -0.236. The van der Waals surface area contributed by atoms with Gasteiger partial charge in [-0.25, -0.2) is 4.79 Å². The summed E-state index contributed by atoms with van der Waals surface area (Å²) in [4.78, 5) is 28.3. The summed E-state index contributed by atoms with van der Waals surface area (Å²) in [6.45, 7) is 6.66. The maximum Gasteiger partial charge on any atom is 0.331 e. The Kier molecular flexibility index (Phi) is 5.28. The number of nitrogens with one attached hydrogen (secondary N) is 1. The fraction of sp³-hybridized carbons (Fsp3) is 0.579. The molecule has 9 heteroatoms. The quantitative estimate of drug-likeness (QED) is 0.790. The number of piperidine rings is 1. The third-order valence-corrected chi connectivity index (χ3v) is 7.08. The van der Waals surface area contributed by atoms with Crippen molar-refractivity contribution < 1.29 is 9.90 Å². The first kappa shape index (κ1) is 19.5. The minimum atomic E-state index is -0.377. The van der Waals surface area contributed by atoms with Gasteiger partial charge in [-0.05, 0) is 45.2 Å². The first-order valence-electron chi connectivity index (χ1n) is 9.71. The van der Waals surface area contributed by atoms with Crippen molar-refractivity contribution in [3.05, 3.63) is 37.5 Å². The molecule has 0 bridgehead atoms. The zero-order valence-corrected chi connectivity index (χ0v) is 17.6. The van der Waals surface area contributed by atoms with Crippen LogP contribution in [0.5, 0.6) is 5.88 Å². The number of aromatic nitrogens is 2. The zero-order valence-electron chi connectivity index (χ0n) is 16.0. The molecule has 1 fully saturated rings. The van der Waals surface area contributed by atoms with E-state index in [4.69, 9.17) is 11.6 Å². The van der Waals surface area contributed by atoms with Crippen LogP contribution in [0.1, 0.15) is 60.6 Å². The van der Waals surface area contributed by atoms with Crippen molar-refractivity contribution in [3.63, 3.8) is 0 Å². The Morgan fingerprint density at radius 2 is 1.96 bits per heavy atom. The number of imidazole rings is 1. The number of likely N-dealkylation sites (tertiary alicyclic amines) is 1. The van der Waals surface area contributed by atoms with Gasteiger partial charge in [0, 0.05) is 31.7 Å². The van der Waals surface area contributed by atoms with Crippen LogP contribution < -0.4 is 11.0 Å². The van der Waals surface area contributed by atoms with E-state index in [0.29, 0.717) is 33.9 Å². The first-order chi connectivity index (χ1) is 13.4. The van der Waals surface area contributed by atoms with Crippen molar-refractivity contribution in [2.45, 2.75) is 57.8 Å². The van der Waals surface area contributed by atoms with Crippen LogP contribution in [0.2, 0.25) is 4.34 Å². The molecule has 1 saturated heterocycles. The molecule has 0 radical (unpaired) electrons. The molecule has 7 nitrogen and oxygen atoms in total. The molecule has 4 rings (SSSR count). The van der Waals surface area contributed by atoms with Gasteiger partial charge in [0.2, 0.25) is 5.88 Å². The summed E-state index contributed by atoms with van der Waals surface area (Å²) in [7, 11) is 0. The third kappa shape index (κ3) is 3.38. The van der Waals surface area contributed by atoms with E-state index in [-0.39, 0.29) is 29.6 Å². The molecule has 1 amide bonds. The van der Waals surface area contributed by atoms with Crippen LogP contribution in [0, 0.1) is 0 Å². The van der Waals surface area contributed by atoms with Crippen LogP contribution in [0.15, 0.2) is 16.9 Å². The van der Waals surface area contributed by atoms with E-state index in [9.17, 15) is 14.7 Å². The van der Waals surface area contributed by atoms with E-state index in [1.807, 2.05) is 0 Å². The van der Waals surface area contributed by atoms with Crippen LogP contribution in [-0.4, -0.2) is 44.2 Å². The zero-order chi connectivity index (χ0) is 20.0. The number of fused-ring (bicyclic) bond motifs is 1. The number of carbonyl (C=O) groups is 1. The second-order valence-corrected chi connectivity index (χ2v) is 9.51. The molecular weight excluding hydrogens is 400 g/mol. The number of carbonyl (C=O) groups excluding carboxylic acids is 1. The molecule has 1 atom stereocenters. The van der Waals surface area contributed by atoms with Crippen molar-refractivity contribution in [2.24, 2.45) is 0 Å². The molecular formula is C19H25ClN4O3S. The Morgan fingerprint density at radius 3 is 2.57 bits per heavy atom. The van der Waals surface area contributed by atoms with Crippen molar-refractivity contribution >= 4 is 28.8 Å². The Hall–Kier alpha value is -1.77. The van der Waals surface area contributed by atoms with Gasteiger partial charge in [0.15, 0.2) is 0 Å². The third-order valence-electron chi connectivity index (χ3n) is 5.85. The molecule has 2 aliphatic rings. The number of thiophene rings is 1. The number of aromatic hydroxyl groups is 1.